The molecule has 1 unspecified atom stereocenters. The monoisotopic (exact) mass is 260 g/mol. The lowest BCUT2D eigenvalue weighted by Crippen LogP contribution is -2.15. The van der Waals surface area contributed by atoms with Crippen LogP contribution in [0.15, 0.2) is 55.8 Å². The van der Waals surface area contributed by atoms with Crippen LogP contribution in [0.2, 0.25) is 0 Å². The normalized spacial score (nSPS) is 11.4. The van der Waals surface area contributed by atoms with E-state index in [2.05, 4.69) is 13.2 Å². The van der Waals surface area contributed by atoms with E-state index in [1.165, 1.54) is 6.26 Å². The highest BCUT2D eigenvalue weighted by atomic mass is 16.5. The van der Waals surface area contributed by atoms with Crippen LogP contribution in [0.3, 0.4) is 0 Å². The van der Waals surface area contributed by atoms with Gasteiger partial charge in [-0.2, -0.15) is 0 Å². The Morgan fingerprint density at radius 1 is 1.21 bits per heavy atom. The van der Waals surface area contributed by atoms with Crippen LogP contribution < -0.4 is 0 Å². The van der Waals surface area contributed by atoms with Crippen molar-refractivity contribution in [2.45, 2.75) is 25.4 Å². The minimum Gasteiger partial charge on any atom is -0.499 e. The van der Waals surface area contributed by atoms with Gasteiger partial charge >= 0.3 is 5.97 Å². The second kappa shape index (κ2) is 8.97. The number of esters is 1. The molecule has 19 heavy (non-hydrogen) atoms. The molecule has 0 spiro atoms. The van der Waals surface area contributed by atoms with Crippen LogP contribution in [0.25, 0.3) is 0 Å². The molecule has 0 aliphatic rings. The topological polar surface area (TPSA) is 35.5 Å². The Labute approximate surface area is 114 Å². The van der Waals surface area contributed by atoms with Crippen LogP contribution in [0.4, 0.5) is 0 Å². The minimum atomic E-state index is -0.304. The molecule has 0 N–H and O–H groups in total. The zero-order valence-electron chi connectivity index (χ0n) is 11.1. The van der Waals surface area contributed by atoms with Crippen molar-refractivity contribution in [3.8, 4) is 0 Å². The van der Waals surface area contributed by atoms with Crippen molar-refractivity contribution in [3.05, 3.63) is 61.4 Å². The average Bonchev–Trinajstić information content (AvgIpc) is 2.45. The summed E-state index contributed by atoms with van der Waals surface area (Å²) in [5, 5.41) is 0. The molecule has 0 fully saturated rings. The van der Waals surface area contributed by atoms with Gasteiger partial charge in [0.05, 0.1) is 18.4 Å². The first-order valence-corrected chi connectivity index (χ1v) is 6.37. The lowest BCUT2D eigenvalue weighted by atomic mass is 10.1. The zero-order valence-corrected chi connectivity index (χ0v) is 11.1. The van der Waals surface area contributed by atoms with E-state index in [1.807, 2.05) is 24.3 Å². The summed E-state index contributed by atoms with van der Waals surface area (Å²) >= 11 is 0. The Morgan fingerprint density at radius 3 is 2.58 bits per heavy atom. The molecule has 0 aromatic heterocycles. The van der Waals surface area contributed by atoms with Crippen molar-refractivity contribution in [2.24, 2.45) is 0 Å². The predicted octanol–water partition coefficient (Wildman–Crippen LogP) is 3.73. The van der Waals surface area contributed by atoms with Crippen molar-refractivity contribution in [1.29, 1.82) is 0 Å². The fourth-order valence-corrected chi connectivity index (χ4v) is 1.66. The van der Waals surface area contributed by atoms with Gasteiger partial charge in [0.2, 0.25) is 0 Å². The second-order valence-corrected chi connectivity index (χ2v) is 4.08. The predicted molar refractivity (Wildman–Crippen MR) is 75.8 cm³/mol. The van der Waals surface area contributed by atoms with Gasteiger partial charge in [-0.15, -0.1) is 6.58 Å². The first kappa shape index (κ1) is 15.0. The van der Waals surface area contributed by atoms with Gasteiger partial charge in [0.15, 0.2) is 0 Å². The van der Waals surface area contributed by atoms with Gasteiger partial charge in [0, 0.05) is 6.42 Å². The highest BCUT2D eigenvalue weighted by Gasteiger charge is 2.10. The Balaban J connectivity index is 2.33. The summed E-state index contributed by atoms with van der Waals surface area (Å²) in [6.45, 7) is 7.55. The highest BCUT2D eigenvalue weighted by molar-refractivity contribution is 5.89. The highest BCUT2D eigenvalue weighted by Crippen LogP contribution is 2.09. The second-order valence-electron chi connectivity index (χ2n) is 4.08. The SMILES string of the molecule is C=CCCC(CCOC(=O)c1ccccc1)OC=C. The number of ether oxygens (including phenoxy) is 2. The van der Waals surface area contributed by atoms with Crippen LogP contribution in [0, 0.1) is 0 Å². The standard InChI is InChI=1S/C16H20O3/c1-3-5-11-15(18-4-2)12-13-19-16(17)14-9-7-6-8-10-14/h3-4,6-10,15H,1-2,5,11-13H2. The third-order valence-corrected chi connectivity index (χ3v) is 2.66. The molecule has 0 saturated heterocycles. The maximum Gasteiger partial charge on any atom is 0.338 e. The summed E-state index contributed by atoms with van der Waals surface area (Å²) in [7, 11) is 0. The van der Waals surface area contributed by atoms with E-state index in [-0.39, 0.29) is 12.1 Å². The third-order valence-electron chi connectivity index (χ3n) is 2.66. The Hall–Kier alpha value is -2.03. The summed E-state index contributed by atoms with van der Waals surface area (Å²) in [4.78, 5) is 11.7. The van der Waals surface area contributed by atoms with Gasteiger partial charge in [-0.25, -0.2) is 4.79 Å². The third kappa shape index (κ3) is 5.91. The summed E-state index contributed by atoms with van der Waals surface area (Å²) in [6, 6.07) is 8.95. The molecule has 102 valence electrons. The first-order valence-electron chi connectivity index (χ1n) is 6.37. The fraction of sp³-hybridized carbons (Fsp3) is 0.312. The zero-order chi connectivity index (χ0) is 13.9. The van der Waals surface area contributed by atoms with Gasteiger partial charge in [-0.05, 0) is 25.0 Å². The molecule has 0 aliphatic carbocycles. The molecule has 0 radical (unpaired) electrons. The molecule has 1 atom stereocenters. The van der Waals surface area contributed by atoms with Gasteiger partial charge in [-0.3, -0.25) is 0 Å². The number of carbonyl (C=O) groups excluding carboxylic acids is 1. The van der Waals surface area contributed by atoms with E-state index in [1.54, 1.807) is 12.1 Å². The van der Waals surface area contributed by atoms with Crippen molar-refractivity contribution in [3.63, 3.8) is 0 Å². The summed E-state index contributed by atoms with van der Waals surface area (Å²) < 4.78 is 10.6. The van der Waals surface area contributed by atoms with E-state index in [0.717, 1.165) is 12.8 Å². The molecule has 0 bridgehead atoms. The van der Waals surface area contributed by atoms with Crippen LogP contribution in [0.1, 0.15) is 29.6 Å². The molecule has 0 saturated carbocycles. The largest absolute Gasteiger partial charge is 0.499 e. The van der Waals surface area contributed by atoms with Gasteiger partial charge in [0.1, 0.15) is 6.10 Å². The lowest BCUT2D eigenvalue weighted by Gasteiger charge is -2.15. The van der Waals surface area contributed by atoms with E-state index in [9.17, 15) is 4.79 Å². The van der Waals surface area contributed by atoms with E-state index in [0.29, 0.717) is 18.6 Å². The van der Waals surface area contributed by atoms with E-state index < -0.39 is 0 Å². The molecule has 1 rings (SSSR count). The number of hydrogen-bond donors (Lipinski definition) is 0. The molecule has 1 aromatic rings. The molecular weight excluding hydrogens is 240 g/mol. The number of hydrogen-bond acceptors (Lipinski definition) is 3. The molecule has 0 heterocycles. The Bertz CT molecular complexity index is 398. The summed E-state index contributed by atoms with van der Waals surface area (Å²) in [5.74, 6) is -0.304. The first-order chi connectivity index (χ1) is 9.27. The molecule has 3 nitrogen and oxygen atoms in total. The minimum absolute atomic E-state index is 0.0130. The lowest BCUT2D eigenvalue weighted by molar-refractivity contribution is 0.0406. The summed E-state index contributed by atoms with van der Waals surface area (Å²) in [5.41, 5.74) is 0.565. The van der Waals surface area contributed by atoms with Gasteiger partial charge in [0.25, 0.3) is 0 Å². The number of allylic oxidation sites excluding steroid dienone is 1. The van der Waals surface area contributed by atoms with Crippen molar-refractivity contribution < 1.29 is 14.3 Å². The van der Waals surface area contributed by atoms with Crippen LogP contribution >= 0.6 is 0 Å². The van der Waals surface area contributed by atoms with Crippen molar-refractivity contribution in [1.82, 2.24) is 0 Å². The molecule has 0 aliphatic heterocycles. The molecule has 3 heteroatoms. The van der Waals surface area contributed by atoms with Crippen LogP contribution in [-0.4, -0.2) is 18.7 Å². The van der Waals surface area contributed by atoms with Crippen molar-refractivity contribution in [2.75, 3.05) is 6.61 Å². The average molecular weight is 260 g/mol. The summed E-state index contributed by atoms with van der Waals surface area (Å²) in [6.07, 6.45) is 5.64. The van der Waals surface area contributed by atoms with Gasteiger partial charge < -0.3 is 9.47 Å². The maximum absolute atomic E-state index is 11.7. The number of carbonyl (C=O) groups is 1. The van der Waals surface area contributed by atoms with Crippen LogP contribution in [0.5, 0.6) is 0 Å². The Morgan fingerprint density at radius 2 is 1.95 bits per heavy atom. The maximum atomic E-state index is 11.7. The fourth-order valence-electron chi connectivity index (χ4n) is 1.66. The number of rotatable bonds is 9. The van der Waals surface area contributed by atoms with E-state index in [4.69, 9.17) is 9.47 Å². The van der Waals surface area contributed by atoms with Gasteiger partial charge in [-0.1, -0.05) is 30.9 Å². The van der Waals surface area contributed by atoms with Crippen LogP contribution in [-0.2, 0) is 9.47 Å². The van der Waals surface area contributed by atoms with Crippen molar-refractivity contribution >= 4 is 5.97 Å². The smallest absolute Gasteiger partial charge is 0.338 e. The molecule has 1 aromatic carbocycles. The number of benzene rings is 1. The van der Waals surface area contributed by atoms with E-state index >= 15 is 0 Å². The quantitative estimate of drug-likeness (QED) is 0.385. The molecule has 0 amide bonds. The molecular formula is C16H20O3. The Kier molecular flexibility index (Phi) is 7.10.